The van der Waals surface area contributed by atoms with Crippen LogP contribution in [0.25, 0.3) is 0 Å². The first-order valence-corrected chi connectivity index (χ1v) is 4.31. The van der Waals surface area contributed by atoms with Gasteiger partial charge in [-0.1, -0.05) is 12.1 Å². The lowest BCUT2D eigenvalue weighted by atomic mass is 10.2. The number of amides is 1. The third-order valence-electron chi connectivity index (χ3n) is 1.51. The van der Waals surface area contributed by atoms with Crippen molar-refractivity contribution in [3.05, 3.63) is 35.6 Å². The zero-order valence-corrected chi connectivity index (χ0v) is 8.08. The molecule has 1 rings (SSSR count). The summed E-state index contributed by atoms with van der Waals surface area (Å²) in [6, 6.07) is 5.74. The highest BCUT2D eigenvalue weighted by Crippen LogP contribution is 2.05. The van der Waals surface area contributed by atoms with Crippen molar-refractivity contribution in [1.29, 1.82) is 0 Å². The fraction of sp³-hybridized carbons (Fsp3) is 0.300. The molecule has 0 aliphatic heterocycles. The van der Waals surface area contributed by atoms with Crippen LogP contribution in [0.1, 0.15) is 24.2 Å². The Hall–Kier alpha value is -1.42. The van der Waals surface area contributed by atoms with Crippen molar-refractivity contribution in [2.75, 3.05) is 0 Å². The monoisotopic (exact) mass is 197 g/mol. The van der Waals surface area contributed by atoms with Crippen LogP contribution in [0.5, 0.6) is 0 Å². The van der Waals surface area contributed by atoms with E-state index in [0.717, 1.165) is 0 Å². The Morgan fingerprint density at radius 3 is 2.64 bits per heavy atom. The number of halogens is 1. The highest BCUT2D eigenvalue weighted by molar-refractivity contribution is 5.93. The summed E-state index contributed by atoms with van der Waals surface area (Å²) >= 11 is 0. The molecule has 0 atom stereocenters. The molecule has 0 spiro atoms. The van der Waals surface area contributed by atoms with E-state index >= 15 is 0 Å². The average molecular weight is 197 g/mol. The van der Waals surface area contributed by atoms with Gasteiger partial charge in [0.2, 0.25) is 0 Å². The molecule has 1 amide bonds. The van der Waals surface area contributed by atoms with Crippen LogP contribution in [-0.4, -0.2) is 12.0 Å². The van der Waals surface area contributed by atoms with Gasteiger partial charge in [0.1, 0.15) is 5.82 Å². The second-order valence-electron chi connectivity index (χ2n) is 3.08. The van der Waals surface area contributed by atoms with Crippen LogP contribution in [-0.2, 0) is 4.84 Å². The Labute approximate surface area is 81.8 Å². The smallest absolute Gasteiger partial charge is 0.271 e. The minimum atomic E-state index is -0.572. The molecule has 4 heteroatoms. The molecule has 76 valence electrons. The maximum Gasteiger partial charge on any atom is 0.277 e. The molecule has 0 heterocycles. The summed E-state index contributed by atoms with van der Waals surface area (Å²) in [4.78, 5) is 16.1. The van der Waals surface area contributed by atoms with Gasteiger partial charge < -0.3 is 0 Å². The number of hydrogen-bond acceptors (Lipinski definition) is 2. The molecule has 0 radical (unpaired) electrons. The first-order valence-electron chi connectivity index (χ1n) is 4.31. The van der Waals surface area contributed by atoms with Gasteiger partial charge in [-0.3, -0.25) is 9.63 Å². The lowest BCUT2D eigenvalue weighted by molar-refractivity contribution is -0.0000635. The topological polar surface area (TPSA) is 38.3 Å². The first-order chi connectivity index (χ1) is 6.61. The van der Waals surface area contributed by atoms with Crippen LogP contribution in [0.4, 0.5) is 4.39 Å². The quantitative estimate of drug-likeness (QED) is 0.751. The van der Waals surface area contributed by atoms with Crippen molar-refractivity contribution >= 4 is 5.91 Å². The number of carbonyl (C=O) groups is 1. The summed E-state index contributed by atoms with van der Waals surface area (Å²) < 4.78 is 13.0. The van der Waals surface area contributed by atoms with Crippen LogP contribution in [0, 0.1) is 5.82 Å². The van der Waals surface area contributed by atoms with Gasteiger partial charge in [-0.25, -0.2) is 9.87 Å². The minimum absolute atomic E-state index is 0.0202. The van der Waals surface area contributed by atoms with E-state index in [1.807, 2.05) is 0 Å². The van der Waals surface area contributed by atoms with Crippen molar-refractivity contribution < 1.29 is 14.0 Å². The molecule has 0 aliphatic rings. The molecule has 1 N–H and O–H groups in total. The first kappa shape index (κ1) is 10.7. The molecule has 14 heavy (non-hydrogen) atoms. The number of benzene rings is 1. The maximum absolute atomic E-state index is 13.0. The SMILES string of the molecule is CC(C)ONC(=O)c1ccccc1F. The summed E-state index contributed by atoms with van der Waals surface area (Å²) in [5.41, 5.74) is 2.14. The molecular weight excluding hydrogens is 185 g/mol. The van der Waals surface area contributed by atoms with E-state index in [1.54, 1.807) is 19.9 Å². The average Bonchev–Trinajstić information content (AvgIpc) is 2.15. The van der Waals surface area contributed by atoms with Gasteiger partial charge in [-0.2, -0.15) is 0 Å². The standard InChI is InChI=1S/C10H12FNO2/c1-7(2)14-12-10(13)8-5-3-4-6-9(8)11/h3-7H,1-2H3,(H,12,13). The molecule has 1 aromatic rings. The third-order valence-corrected chi connectivity index (χ3v) is 1.51. The highest BCUT2D eigenvalue weighted by atomic mass is 19.1. The molecule has 0 aliphatic carbocycles. The molecular formula is C10H12FNO2. The zero-order chi connectivity index (χ0) is 10.6. The van der Waals surface area contributed by atoms with E-state index in [1.165, 1.54) is 18.2 Å². The lowest BCUT2D eigenvalue weighted by Crippen LogP contribution is -2.27. The summed E-state index contributed by atoms with van der Waals surface area (Å²) in [5.74, 6) is -1.13. The molecule has 3 nitrogen and oxygen atoms in total. The molecule has 0 saturated carbocycles. The van der Waals surface area contributed by atoms with Crippen LogP contribution in [0.15, 0.2) is 24.3 Å². The molecule has 0 saturated heterocycles. The Morgan fingerprint density at radius 2 is 2.07 bits per heavy atom. The lowest BCUT2D eigenvalue weighted by Gasteiger charge is -2.08. The Kier molecular flexibility index (Phi) is 3.59. The van der Waals surface area contributed by atoms with Gasteiger partial charge in [0.15, 0.2) is 0 Å². The van der Waals surface area contributed by atoms with Crippen LogP contribution >= 0.6 is 0 Å². The van der Waals surface area contributed by atoms with Gasteiger partial charge >= 0.3 is 0 Å². The molecule has 0 aromatic heterocycles. The summed E-state index contributed by atoms with van der Waals surface area (Å²) in [5, 5.41) is 0. The van der Waals surface area contributed by atoms with E-state index < -0.39 is 11.7 Å². The number of rotatable bonds is 3. The largest absolute Gasteiger partial charge is 0.277 e. The summed E-state index contributed by atoms with van der Waals surface area (Å²) in [6.45, 7) is 3.53. The van der Waals surface area contributed by atoms with Crippen LogP contribution in [0.3, 0.4) is 0 Å². The van der Waals surface area contributed by atoms with Gasteiger partial charge in [0.25, 0.3) is 5.91 Å². The number of nitrogens with one attached hydrogen (secondary N) is 1. The maximum atomic E-state index is 13.0. The summed E-state index contributed by atoms with van der Waals surface area (Å²) in [7, 11) is 0. The van der Waals surface area contributed by atoms with E-state index in [4.69, 9.17) is 4.84 Å². The Morgan fingerprint density at radius 1 is 1.43 bits per heavy atom. The van der Waals surface area contributed by atoms with Gasteiger partial charge in [0, 0.05) is 0 Å². The van der Waals surface area contributed by atoms with Crippen LogP contribution < -0.4 is 5.48 Å². The fourth-order valence-electron chi connectivity index (χ4n) is 0.872. The number of hydrogen-bond donors (Lipinski definition) is 1. The van der Waals surface area contributed by atoms with Crippen molar-refractivity contribution in [2.24, 2.45) is 0 Å². The van der Waals surface area contributed by atoms with Gasteiger partial charge in [0.05, 0.1) is 11.7 Å². The normalized spacial score (nSPS) is 10.3. The van der Waals surface area contributed by atoms with Gasteiger partial charge in [-0.05, 0) is 26.0 Å². The minimum Gasteiger partial charge on any atom is -0.271 e. The summed E-state index contributed by atoms with van der Waals surface area (Å²) in [6.07, 6.45) is -0.134. The predicted molar refractivity (Wildman–Crippen MR) is 50.1 cm³/mol. The third kappa shape index (κ3) is 2.81. The van der Waals surface area contributed by atoms with E-state index in [-0.39, 0.29) is 11.7 Å². The second-order valence-corrected chi connectivity index (χ2v) is 3.08. The molecule has 0 bridgehead atoms. The van der Waals surface area contributed by atoms with Crippen molar-refractivity contribution in [2.45, 2.75) is 20.0 Å². The Bertz CT molecular complexity index is 326. The van der Waals surface area contributed by atoms with Crippen molar-refractivity contribution in [3.8, 4) is 0 Å². The van der Waals surface area contributed by atoms with Gasteiger partial charge in [-0.15, -0.1) is 0 Å². The van der Waals surface area contributed by atoms with E-state index in [0.29, 0.717) is 0 Å². The van der Waals surface area contributed by atoms with E-state index in [2.05, 4.69) is 5.48 Å². The Balaban J connectivity index is 2.65. The van der Waals surface area contributed by atoms with Crippen molar-refractivity contribution in [1.82, 2.24) is 5.48 Å². The second kappa shape index (κ2) is 4.72. The highest BCUT2D eigenvalue weighted by Gasteiger charge is 2.10. The number of hydroxylamine groups is 1. The predicted octanol–water partition coefficient (Wildman–Crippen LogP) is 1.90. The molecule has 1 aromatic carbocycles. The molecule has 0 fully saturated rings. The van der Waals surface area contributed by atoms with Crippen molar-refractivity contribution in [3.63, 3.8) is 0 Å². The fourth-order valence-corrected chi connectivity index (χ4v) is 0.872. The van der Waals surface area contributed by atoms with E-state index in [9.17, 15) is 9.18 Å². The van der Waals surface area contributed by atoms with Crippen LogP contribution in [0.2, 0.25) is 0 Å². The number of carbonyl (C=O) groups excluding carboxylic acids is 1. The molecule has 0 unspecified atom stereocenters. The zero-order valence-electron chi connectivity index (χ0n) is 8.08.